The summed E-state index contributed by atoms with van der Waals surface area (Å²) in [4.78, 5) is 8.93. The van der Waals surface area contributed by atoms with E-state index in [-0.39, 0.29) is 6.29 Å². The first-order valence-electron chi connectivity index (χ1n) is 13.1. The molecule has 1 fully saturated rings. The molecule has 5 rings (SSSR count). The lowest BCUT2D eigenvalue weighted by atomic mass is 10.1. The van der Waals surface area contributed by atoms with Crippen molar-refractivity contribution in [2.75, 3.05) is 13.7 Å². The van der Waals surface area contributed by atoms with E-state index in [1.54, 1.807) is 13.3 Å². The SMILES string of the molecule is COc1ccc(COc2ccc3ncc(CCC#Cc4cncc(COC5CCCCO5)c4)cc3c2)cc1. The second-order valence-electron chi connectivity index (χ2n) is 9.33. The second-order valence-corrected chi connectivity index (χ2v) is 9.33. The average Bonchev–Trinajstić information content (AvgIpc) is 2.98. The Hall–Kier alpha value is -3.92. The molecule has 0 saturated carbocycles. The molecule has 6 nitrogen and oxygen atoms in total. The molecule has 38 heavy (non-hydrogen) atoms. The maximum absolute atomic E-state index is 6.01. The average molecular weight is 509 g/mol. The van der Waals surface area contributed by atoms with Crippen LogP contribution in [0.5, 0.6) is 11.5 Å². The predicted octanol–water partition coefficient (Wildman–Crippen LogP) is 6.24. The van der Waals surface area contributed by atoms with Crippen molar-refractivity contribution in [2.24, 2.45) is 0 Å². The van der Waals surface area contributed by atoms with Crippen LogP contribution in [0.4, 0.5) is 0 Å². The molecule has 0 aliphatic carbocycles. The fraction of sp³-hybridized carbons (Fsp3) is 0.312. The molecular weight excluding hydrogens is 476 g/mol. The number of aromatic nitrogens is 2. The monoisotopic (exact) mass is 508 g/mol. The minimum atomic E-state index is -0.106. The molecule has 2 aromatic heterocycles. The largest absolute Gasteiger partial charge is 0.497 e. The molecule has 1 aliphatic heterocycles. The van der Waals surface area contributed by atoms with E-state index in [0.717, 1.165) is 83.4 Å². The maximum Gasteiger partial charge on any atom is 0.158 e. The lowest BCUT2D eigenvalue weighted by molar-refractivity contribution is -0.168. The van der Waals surface area contributed by atoms with Gasteiger partial charge in [0.1, 0.15) is 18.1 Å². The van der Waals surface area contributed by atoms with Crippen molar-refractivity contribution in [1.29, 1.82) is 0 Å². The molecule has 0 N–H and O–H groups in total. The first kappa shape index (κ1) is 25.7. The molecule has 0 spiro atoms. The van der Waals surface area contributed by atoms with Gasteiger partial charge in [-0.1, -0.05) is 24.0 Å². The summed E-state index contributed by atoms with van der Waals surface area (Å²) in [6.07, 6.45) is 10.2. The topological polar surface area (TPSA) is 62.7 Å². The quantitative estimate of drug-likeness (QED) is 0.249. The van der Waals surface area contributed by atoms with Crippen LogP contribution >= 0.6 is 0 Å². The van der Waals surface area contributed by atoms with Crippen molar-refractivity contribution in [3.05, 3.63) is 95.4 Å². The molecule has 2 aromatic carbocycles. The highest BCUT2D eigenvalue weighted by Gasteiger charge is 2.14. The van der Waals surface area contributed by atoms with Gasteiger partial charge in [0, 0.05) is 42.6 Å². The number of methoxy groups -OCH3 is 1. The number of nitrogens with zero attached hydrogens (tertiary/aromatic N) is 2. The third-order valence-corrected chi connectivity index (χ3v) is 6.41. The Morgan fingerprint density at radius 3 is 2.63 bits per heavy atom. The van der Waals surface area contributed by atoms with Gasteiger partial charge in [-0.15, -0.1) is 0 Å². The van der Waals surface area contributed by atoms with Gasteiger partial charge in [0.05, 0.1) is 19.2 Å². The summed E-state index contributed by atoms with van der Waals surface area (Å²) in [6.45, 7) is 1.76. The number of hydrogen-bond donors (Lipinski definition) is 0. The van der Waals surface area contributed by atoms with E-state index in [9.17, 15) is 0 Å². The summed E-state index contributed by atoms with van der Waals surface area (Å²) in [6, 6.07) is 18.1. The molecule has 1 aliphatic rings. The Labute approximate surface area is 223 Å². The summed E-state index contributed by atoms with van der Waals surface area (Å²) in [5.41, 5.74) is 5.08. The molecule has 0 radical (unpaired) electrons. The van der Waals surface area contributed by atoms with Crippen molar-refractivity contribution in [1.82, 2.24) is 9.97 Å². The highest BCUT2D eigenvalue weighted by Crippen LogP contribution is 2.22. The number of fused-ring (bicyclic) bond motifs is 1. The van der Waals surface area contributed by atoms with Crippen LogP contribution in [-0.4, -0.2) is 30.0 Å². The minimum Gasteiger partial charge on any atom is -0.497 e. The van der Waals surface area contributed by atoms with E-state index in [2.05, 4.69) is 27.9 Å². The molecule has 6 heteroatoms. The lowest BCUT2D eigenvalue weighted by Gasteiger charge is -2.22. The molecule has 4 aromatic rings. The van der Waals surface area contributed by atoms with Crippen molar-refractivity contribution in [3.8, 4) is 23.3 Å². The van der Waals surface area contributed by atoms with Gasteiger partial charge in [-0.05, 0) is 84.8 Å². The fourth-order valence-corrected chi connectivity index (χ4v) is 4.31. The summed E-state index contributed by atoms with van der Waals surface area (Å²) < 4.78 is 22.7. The number of ether oxygens (including phenoxy) is 4. The molecule has 1 atom stereocenters. The van der Waals surface area contributed by atoms with Gasteiger partial charge in [-0.25, -0.2) is 0 Å². The van der Waals surface area contributed by atoms with Crippen molar-refractivity contribution < 1.29 is 18.9 Å². The number of benzene rings is 2. The van der Waals surface area contributed by atoms with Crippen LogP contribution in [0.1, 0.15) is 47.9 Å². The fourth-order valence-electron chi connectivity index (χ4n) is 4.31. The molecule has 1 unspecified atom stereocenters. The van der Waals surface area contributed by atoms with Crippen molar-refractivity contribution >= 4 is 10.9 Å². The zero-order valence-corrected chi connectivity index (χ0v) is 21.7. The van der Waals surface area contributed by atoms with Gasteiger partial charge in [-0.2, -0.15) is 0 Å². The van der Waals surface area contributed by atoms with E-state index >= 15 is 0 Å². The zero-order valence-electron chi connectivity index (χ0n) is 21.7. The lowest BCUT2D eigenvalue weighted by Crippen LogP contribution is -2.22. The summed E-state index contributed by atoms with van der Waals surface area (Å²) in [5.74, 6) is 8.16. The summed E-state index contributed by atoms with van der Waals surface area (Å²) >= 11 is 0. The molecule has 0 bridgehead atoms. The molecular formula is C32H32N2O4. The normalized spacial score (nSPS) is 15.0. The zero-order chi connectivity index (χ0) is 26.0. The highest BCUT2D eigenvalue weighted by molar-refractivity contribution is 5.80. The van der Waals surface area contributed by atoms with Crippen LogP contribution in [0.3, 0.4) is 0 Å². The highest BCUT2D eigenvalue weighted by atomic mass is 16.7. The maximum atomic E-state index is 6.01. The van der Waals surface area contributed by atoms with Crippen LogP contribution in [0.25, 0.3) is 10.9 Å². The van der Waals surface area contributed by atoms with Gasteiger partial charge in [0.15, 0.2) is 6.29 Å². The number of rotatable bonds is 9. The number of pyridine rings is 2. The number of hydrogen-bond acceptors (Lipinski definition) is 6. The van der Waals surface area contributed by atoms with Crippen LogP contribution in [0.2, 0.25) is 0 Å². The van der Waals surface area contributed by atoms with E-state index < -0.39 is 0 Å². The van der Waals surface area contributed by atoms with E-state index in [1.807, 2.05) is 60.9 Å². The van der Waals surface area contributed by atoms with Crippen molar-refractivity contribution in [2.45, 2.75) is 51.6 Å². The van der Waals surface area contributed by atoms with Gasteiger partial charge in [0.2, 0.25) is 0 Å². The Kier molecular flexibility index (Phi) is 8.83. The molecule has 194 valence electrons. The minimum absolute atomic E-state index is 0.106. The molecule has 3 heterocycles. The Morgan fingerprint density at radius 1 is 0.895 bits per heavy atom. The third-order valence-electron chi connectivity index (χ3n) is 6.41. The van der Waals surface area contributed by atoms with E-state index in [0.29, 0.717) is 13.2 Å². The van der Waals surface area contributed by atoms with Gasteiger partial charge >= 0.3 is 0 Å². The Morgan fingerprint density at radius 2 is 1.79 bits per heavy atom. The summed E-state index contributed by atoms with van der Waals surface area (Å²) in [5, 5.41) is 1.06. The van der Waals surface area contributed by atoms with Gasteiger partial charge in [-0.3, -0.25) is 9.97 Å². The van der Waals surface area contributed by atoms with Gasteiger partial charge < -0.3 is 18.9 Å². The third kappa shape index (κ3) is 7.32. The first-order chi connectivity index (χ1) is 18.7. The van der Waals surface area contributed by atoms with Crippen LogP contribution < -0.4 is 9.47 Å². The molecule has 1 saturated heterocycles. The number of aryl methyl sites for hydroxylation is 1. The standard InChI is InChI=1S/C32H32N2O4/c1-35-29-11-9-24(10-12-29)22-37-30-13-14-31-28(18-30)17-26(21-34-31)7-3-2-6-25-16-27(20-33-19-25)23-38-32-8-4-5-15-36-32/h9-14,16-21,32H,3-5,7-8,15,22-23H2,1H3. The van der Waals surface area contributed by atoms with E-state index in [1.165, 1.54) is 0 Å². The van der Waals surface area contributed by atoms with Crippen molar-refractivity contribution in [3.63, 3.8) is 0 Å². The Bertz CT molecular complexity index is 1400. The molecule has 0 amide bonds. The van der Waals surface area contributed by atoms with E-state index in [4.69, 9.17) is 18.9 Å². The van der Waals surface area contributed by atoms with Crippen LogP contribution in [0, 0.1) is 11.8 Å². The predicted molar refractivity (Wildman–Crippen MR) is 147 cm³/mol. The van der Waals surface area contributed by atoms with Gasteiger partial charge in [0.25, 0.3) is 0 Å². The smallest absolute Gasteiger partial charge is 0.158 e. The second kappa shape index (κ2) is 13.0. The van der Waals surface area contributed by atoms with Crippen LogP contribution in [0.15, 0.2) is 73.2 Å². The summed E-state index contributed by atoms with van der Waals surface area (Å²) in [7, 11) is 1.66. The Balaban J connectivity index is 1.14. The van der Waals surface area contributed by atoms with Crippen LogP contribution in [-0.2, 0) is 29.1 Å². The first-order valence-corrected chi connectivity index (χ1v) is 13.1.